The third kappa shape index (κ3) is 3.20. The first-order valence-corrected chi connectivity index (χ1v) is 8.94. The molecule has 1 aromatic carbocycles. The summed E-state index contributed by atoms with van der Waals surface area (Å²) in [5.74, 6) is 0.872. The molecule has 0 amide bonds. The molecule has 2 aliphatic rings. The van der Waals surface area contributed by atoms with Crippen LogP contribution in [0.25, 0.3) is 6.08 Å². The quantitative estimate of drug-likeness (QED) is 0.627. The second-order valence-electron chi connectivity index (χ2n) is 7.13. The minimum Gasteiger partial charge on any atom is -0.312 e. The molecule has 26 heavy (non-hydrogen) atoms. The van der Waals surface area contributed by atoms with Crippen molar-refractivity contribution in [3.63, 3.8) is 0 Å². The average molecular weight is 351 g/mol. The fourth-order valence-electron chi connectivity index (χ4n) is 4.27. The van der Waals surface area contributed by atoms with Gasteiger partial charge in [0.2, 0.25) is 0 Å². The minimum absolute atomic E-state index is 0.0990. The first kappa shape index (κ1) is 16.7. The summed E-state index contributed by atoms with van der Waals surface area (Å²) in [6.45, 7) is 3.42. The number of nitrogens with zero attached hydrogens (tertiary/aromatic N) is 3. The maximum Gasteiger partial charge on any atom is 0.276 e. The normalized spacial score (nSPS) is 22.3. The first-order valence-electron chi connectivity index (χ1n) is 8.94. The van der Waals surface area contributed by atoms with Crippen LogP contribution < -0.4 is 5.56 Å². The van der Waals surface area contributed by atoms with Crippen LogP contribution in [0.3, 0.4) is 0 Å². The maximum absolute atomic E-state index is 12.1. The molecule has 0 N–H and O–H groups in total. The van der Waals surface area contributed by atoms with Gasteiger partial charge in [-0.3, -0.25) is 19.8 Å². The van der Waals surface area contributed by atoms with Crippen LogP contribution in [0.4, 0.5) is 5.69 Å². The highest BCUT2D eigenvalue weighted by Crippen LogP contribution is 2.34. The summed E-state index contributed by atoms with van der Waals surface area (Å²) < 4.78 is 1.93. The third-order valence-corrected chi connectivity index (χ3v) is 5.35. The van der Waals surface area contributed by atoms with Crippen molar-refractivity contribution in [1.82, 2.24) is 9.47 Å². The van der Waals surface area contributed by atoms with Crippen molar-refractivity contribution in [2.24, 2.45) is 5.92 Å². The second-order valence-corrected chi connectivity index (χ2v) is 7.13. The number of para-hydroxylation sites is 1. The number of hydrogen-bond donors (Lipinski definition) is 0. The van der Waals surface area contributed by atoms with Crippen LogP contribution >= 0.6 is 0 Å². The SMILES string of the molecule is O=c1cccc2n1C[C@@H]1C[C@@H]2CN(C/C=C/c2ccccc2[N+](=O)[O-])C1. The molecule has 1 fully saturated rings. The van der Waals surface area contributed by atoms with E-state index in [1.54, 1.807) is 18.2 Å². The maximum atomic E-state index is 12.1. The van der Waals surface area contributed by atoms with Gasteiger partial charge in [-0.25, -0.2) is 0 Å². The van der Waals surface area contributed by atoms with Gasteiger partial charge >= 0.3 is 0 Å². The highest BCUT2D eigenvalue weighted by atomic mass is 16.6. The zero-order chi connectivity index (χ0) is 18.1. The minimum atomic E-state index is -0.348. The largest absolute Gasteiger partial charge is 0.312 e. The van der Waals surface area contributed by atoms with Crippen molar-refractivity contribution in [3.8, 4) is 0 Å². The number of nitro groups is 1. The highest BCUT2D eigenvalue weighted by Gasteiger charge is 2.33. The summed E-state index contributed by atoms with van der Waals surface area (Å²) >= 11 is 0. The van der Waals surface area contributed by atoms with E-state index in [1.807, 2.05) is 28.9 Å². The van der Waals surface area contributed by atoms with Gasteiger partial charge in [0.05, 0.1) is 10.5 Å². The molecule has 6 heteroatoms. The summed E-state index contributed by atoms with van der Waals surface area (Å²) in [4.78, 5) is 25.2. The van der Waals surface area contributed by atoms with E-state index in [0.29, 0.717) is 17.4 Å². The number of fused-ring (bicyclic) bond motifs is 4. The fourth-order valence-corrected chi connectivity index (χ4v) is 4.27. The molecule has 3 heterocycles. The Labute approximate surface area is 151 Å². The van der Waals surface area contributed by atoms with Gasteiger partial charge in [-0.2, -0.15) is 0 Å². The molecular weight excluding hydrogens is 330 g/mol. The van der Waals surface area contributed by atoms with Gasteiger partial charge in [0, 0.05) is 49.9 Å². The molecule has 6 nitrogen and oxygen atoms in total. The van der Waals surface area contributed by atoms with E-state index in [2.05, 4.69) is 11.0 Å². The Hall–Kier alpha value is -2.73. The van der Waals surface area contributed by atoms with Gasteiger partial charge < -0.3 is 4.57 Å². The lowest BCUT2D eigenvalue weighted by molar-refractivity contribution is -0.385. The second kappa shape index (κ2) is 6.88. The van der Waals surface area contributed by atoms with E-state index in [0.717, 1.165) is 38.3 Å². The highest BCUT2D eigenvalue weighted by molar-refractivity contribution is 5.60. The van der Waals surface area contributed by atoms with E-state index < -0.39 is 0 Å². The van der Waals surface area contributed by atoms with Crippen molar-refractivity contribution in [3.05, 3.63) is 80.3 Å². The zero-order valence-electron chi connectivity index (χ0n) is 14.5. The average Bonchev–Trinajstić information content (AvgIpc) is 2.63. The Kier molecular flexibility index (Phi) is 4.42. The van der Waals surface area contributed by atoms with E-state index >= 15 is 0 Å². The Bertz CT molecular complexity index is 919. The molecule has 2 aliphatic heterocycles. The standard InChI is InChI=1S/C20H21N3O3/c24-20-9-3-8-18-17-11-15(13-22(18)20)12-21(14-17)10-4-6-16-5-1-2-7-19(16)23(25)26/h1-9,15,17H,10-14H2/b6-4+/t15-,17-/m1/s1. The van der Waals surface area contributed by atoms with E-state index in [-0.39, 0.29) is 16.2 Å². The van der Waals surface area contributed by atoms with Gasteiger partial charge in [0.15, 0.2) is 0 Å². The number of likely N-dealkylation sites (tertiary alicyclic amines) is 1. The molecule has 0 saturated carbocycles. The summed E-state index contributed by atoms with van der Waals surface area (Å²) in [5.41, 5.74) is 2.00. The number of benzene rings is 1. The van der Waals surface area contributed by atoms with Gasteiger partial charge in [0.25, 0.3) is 11.2 Å². The van der Waals surface area contributed by atoms with Crippen molar-refractivity contribution < 1.29 is 4.92 Å². The van der Waals surface area contributed by atoms with Crippen LogP contribution in [0.5, 0.6) is 0 Å². The molecule has 0 spiro atoms. The Morgan fingerprint density at radius 3 is 2.81 bits per heavy atom. The van der Waals surface area contributed by atoms with Gasteiger partial charge in [-0.1, -0.05) is 30.4 Å². The number of rotatable bonds is 4. The van der Waals surface area contributed by atoms with Crippen LogP contribution in [0.2, 0.25) is 0 Å². The van der Waals surface area contributed by atoms with Gasteiger partial charge in [-0.05, 0) is 24.5 Å². The third-order valence-electron chi connectivity index (χ3n) is 5.35. The molecule has 2 atom stereocenters. The van der Waals surface area contributed by atoms with E-state index in [4.69, 9.17) is 0 Å². The molecule has 4 rings (SSSR count). The lowest BCUT2D eigenvalue weighted by Crippen LogP contribution is -2.46. The molecule has 134 valence electrons. The Balaban J connectivity index is 1.47. The summed E-state index contributed by atoms with van der Waals surface area (Å²) in [5, 5.41) is 11.1. The molecular formula is C20H21N3O3. The fraction of sp³-hybridized carbons (Fsp3) is 0.350. The lowest BCUT2D eigenvalue weighted by Gasteiger charge is -2.42. The first-order chi connectivity index (χ1) is 12.6. The van der Waals surface area contributed by atoms with Crippen molar-refractivity contribution in [2.45, 2.75) is 18.9 Å². The molecule has 2 bridgehead atoms. The number of pyridine rings is 1. The topological polar surface area (TPSA) is 68.4 Å². The number of aromatic nitrogens is 1. The van der Waals surface area contributed by atoms with Crippen LogP contribution in [0, 0.1) is 16.0 Å². The predicted molar refractivity (Wildman–Crippen MR) is 100 cm³/mol. The smallest absolute Gasteiger partial charge is 0.276 e. The van der Waals surface area contributed by atoms with Crippen LogP contribution in [0.15, 0.2) is 53.3 Å². The van der Waals surface area contributed by atoms with Gasteiger partial charge in [0.1, 0.15) is 0 Å². The zero-order valence-corrected chi connectivity index (χ0v) is 14.5. The van der Waals surface area contributed by atoms with Crippen LogP contribution in [-0.2, 0) is 6.54 Å². The van der Waals surface area contributed by atoms with E-state index in [9.17, 15) is 14.9 Å². The molecule has 0 aliphatic carbocycles. The molecule has 1 aromatic heterocycles. The van der Waals surface area contributed by atoms with Crippen molar-refractivity contribution >= 4 is 11.8 Å². The lowest BCUT2D eigenvalue weighted by atomic mass is 9.83. The van der Waals surface area contributed by atoms with Crippen molar-refractivity contribution in [2.75, 3.05) is 19.6 Å². The number of nitro benzene ring substituents is 1. The molecule has 0 unspecified atom stereocenters. The Morgan fingerprint density at radius 1 is 1.12 bits per heavy atom. The molecule has 1 saturated heterocycles. The summed E-state index contributed by atoms with van der Waals surface area (Å²) in [7, 11) is 0. The molecule has 2 aromatic rings. The molecule has 0 radical (unpaired) electrons. The van der Waals surface area contributed by atoms with E-state index in [1.165, 1.54) is 6.07 Å². The number of hydrogen-bond acceptors (Lipinski definition) is 4. The summed E-state index contributed by atoms with van der Waals surface area (Å²) in [6, 6.07) is 12.3. The van der Waals surface area contributed by atoms with Crippen LogP contribution in [0.1, 0.15) is 23.6 Å². The summed E-state index contributed by atoms with van der Waals surface area (Å²) in [6.07, 6.45) is 4.97. The van der Waals surface area contributed by atoms with Crippen molar-refractivity contribution in [1.29, 1.82) is 0 Å². The van der Waals surface area contributed by atoms with Crippen LogP contribution in [-0.4, -0.2) is 34.0 Å². The monoisotopic (exact) mass is 351 g/mol. The van der Waals surface area contributed by atoms with Gasteiger partial charge in [-0.15, -0.1) is 0 Å². The number of piperidine rings is 1. The Morgan fingerprint density at radius 2 is 1.96 bits per heavy atom. The predicted octanol–water partition coefficient (Wildman–Crippen LogP) is 2.89.